The minimum absolute atomic E-state index is 0.0958. The second-order valence-corrected chi connectivity index (χ2v) is 6.26. The van der Waals surface area contributed by atoms with Crippen molar-refractivity contribution in [3.8, 4) is 0 Å². The fraction of sp³-hybridized carbons (Fsp3) is 0.750. The molecule has 0 aromatic carbocycles. The standard InChI is InChI=1S/C12H18ClN3O3/c1-10(2,9(17)19-3)12(18,11(13)4-5-11)6-16-8-14-7-15-16/h7-8,18H,4-6H2,1-3H3. The molecule has 1 heterocycles. The van der Waals surface area contributed by atoms with Gasteiger partial charge in [-0.3, -0.25) is 4.79 Å². The molecule has 0 bridgehead atoms. The van der Waals surface area contributed by atoms with Gasteiger partial charge in [-0.1, -0.05) is 0 Å². The van der Waals surface area contributed by atoms with Crippen LogP contribution in [0.25, 0.3) is 0 Å². The Kier molecular flexibility index (Phi) is 3.35. The summed E-state index contributed by atoms with van der Waals surface area (Å²) in [4.78, 5) is 15.0. The summed E-state index contributed by atoms with van der Waals surface area (Å²) < 4.78 is 6.28. The molecule has 1 aliphatic carbocycles. The van der Waals surface area contributed by atoms with Crippen molar-refractivity contribution in [3.63, 3.8) is 0 Å². The lowest BCUT2D eigenvalue weighted by Gasteiger charge is -2.43. The van der Waals surface area contributed by atoms with E-state index in [4.69, 9.17) is 16.3 Å². The van der Waals surface area contributed by atoms with Crippen molar-refractivity contribution in [1.29, 1.82) is 0 Å². The largest absolute Gasteiger partial charge is 0.469 e. The van der Waals surface area contributed by atoms with Crippen LogP contribution in [0.5, 0.6) is 0 Å². The van der Waals surface area contributed by atoms with E-state index in [0.29, 0.717) is 12.8 Å². The molecule has 1 aromatic heterocycles. The summed E-state index contributed by atoms with van der Waals surface area (Å²) in [6.07, 6.45) is 4.17. The number of carbonyl (C=O) groups excluding carboxylic acids is 1. The highest BCUT2D eigenvalue weighted by atomic mass is 35.5. The van der Waals surface area contributed by atoms with Crippen LogP contribution in [0.2, 0.25) is 0 Å². The Morgan fingerprint density at radius 1 is 1.58 bits per heavy atom. The normalized spacial score (nSPS) is 20.7. The van der Waals surface area contributed by atoms with Crippen molar-refractivity contribution < 1.29 is 14.6 Å². The maximum absolute atomic E-state index is 12.0. The molecule has 106 valence electrons. The van der Waals surface area contributed by atoms with Gasteiger partial charge in [0.1, 0.15) is 18.3 Å². The number of halogens is 1. The van der Waals surface area contributed by atoms with Crippen LogP contribution in [0.1, 0.15) is 26.7 Å². The van der Waals surface area contributed by atoms with Crippen LogP contribution in [0.3, 0.4) is 0 Å². The second-order valence-electron chi connectivity index (χ2n) is 5.54. The quantitative estimate of drug-likeness (QED) is 0.645. The number of carbonyl (C=O) groups is 1. The Morgan fingerprint density at radius 3 is 2.63 bits per heavy atom. The SMILES string of the molecule is COC(=O)C(C)(C)C(O)(Cn1cncn1)C1(Cl)CC1. The number of hydrogen-bond donors (Lipinski definition) is 1. The highest BCUT2D eigenvalue weighted by molar-refractivity contribution is 6.27. The van der Waals surface area contributed by atoms with Gasteiger partial charge in [0.2, 0.25) is 0 Å². The zero-order valence-electron chi connectivity index (χ0n) is 11.3. The van der Waals surface area contributed by atoms with Crippen molar-refractivity contribution >= 4 is 17.6 Å². The number of hydrogen-bond acceptors (Lipinski definition) is 5. The Labute approximate surface area is 116 Å². The molecule has 1 aromatic rings. The van der Waals surface area contributed by atoms with E-state index in [1.54, 1.807) is 13.8 Å². The summed E-state index contributed by atoms with van der Waals surface area (Å²) in [6.45, 7) is 3.37. The van der Waals surface area contributed by atoms with E-state index in [2.05, 4.69) is 10.1 Å². The molecule has 0 aliphatic heterocycles. The van der Waals surface area contributed by atoms with Crippen LogP contribution < -0.4 is 0 Å². The molecular formula is C12H18ClN3O3. The summed E-state index contributed by atoms with van der Waals surface area (Å²) in [6, 6.07) is 0. The van der Waals surface area contributed by atoms with Gasteiger partial charge in [-0.15, -0.1) is 11.6 Å². The highest BCUT2D eigenvalue weighted by Gasteiger charge is 2.67. The minimum atomic E-state index is -1.46. The van der Waals surface area contributed by atoms with Crippen LogP contribution in [0, 0.1) is 5.41 Å². The number of methoxy groups -OCH3 is 1. The van der Waals surface area contributed by atoms with Crippen LogP contribution in [0.4, 0.5) is 0 Å². The predicted octanol–water partition coefficient (Wildman–Crippen LogP) is 0.980. The topological polar surface area (TPSA) is 77.2 Å². The van der Waals surface area contributed by atoms with Crippen molar-refractivity contribution in [2.24, 2.45) is 5.41 Å². The zero-order valence-corrected chi connectivity index (χ0v) is 12.0. The van der Waals surface area contributed by atoms with Gasteiger partial charge in [0.15, 0.2) is 0 Å². The van der Waals surface area contributed by atoms with E-state index in [9.17, 15) is 9.90 Å². The average Bonchev–Trinajstić information content (AvgIpc) is 2.91. The first-order valence-corrected chi connectivity index (χ1v) is 6.47. The third-order valence-corrected chi connectivity index (χ3v) is 4.71. The van der Waals surface area contributed by atoms with Gasteiger partial charge in [-0.05, 0) is 26.7 Å². The van der Waals surface area contributed by atoms with E-state index in [-0.39, 0.29) is 6.54 Å². The Morgan fingerprint density at radius 2 is 2.21 bits per heavy atom. The lowest BCUT2D eigenvalue weighted by molar-refractivity contribution is -0.172. The zero-order chi connectivity index (χ0) is 14.3. The Bertz CT molecular complexity index is 471. The highest BCUT2D eigenvalue weighted by Crippen LogP contribution is 2.58. The third-order valence-electron chi connectivity index (χ3n) is 4.02. The van der Waals surface area contributed by atoms with Gasteiger partial charge >= 0.3 is 5.97 Å². The number of rotatable bonds is 5. The van der Waals surface area contributed by atoms with E-state index in [1.807, 2.05) is 0 Å². The van der Waals surface area contributed by atoms with Crippen molar-refractivity contribution in [3.05, 3.63) is 12.7 Å². The van der Waals surface area contributed by atoms with Crippen molar-refractivity contribution in [2.75, 3.05) is 7.11 Å². The van der Waals surface area contributed by atoms with Gasteiger partial charge in [0, 0.05) is 0 Å². The lowest BCUT2D eigenvalue weighted by Crippen LogP contribution is -2.59. The maximum atomic E-state index is 12.0. The first-order valence-electron chi connectivity index (χ1n) is 6.09. The predicted molar refractivity (Wildman–Crippen MR) is 68.6 cm³/mol. The molecule has 6 nitrogen and oxygen atoms in total. The number of aliphatic hydroxyl groups is 1. The number of ether oxygens (including phenoxy) is 1. The average molecular weight is 288 g/mol. The molecule has 1 aliphatic rings. The molecule has 0 saturated heterocycles. The Hall–Kier alpha value is -1.14. The van der Waals surface area contributed by atoms with Gasteiger partial charge < -0.3 is 9.84 Å². The first kappa shape index (κ1) is 14.3. The maximum Gasteiger partial charge on any atom is 0.314 e. The molecule has 1 N–H and O–H groups in total. The van der Waals surface area contributed by atoms with E-state index >= 15 is 0 Å². The molecule has 0 radical (unpaired) electrons. The smallest absolute Gasteiger partial charge is 0.314 e. The van der Waals surface area contributed by atoms with Gasteiger partial charge in [0.05, 0.1) is 23.9 Å². The second kappa shape index (κ2) is 4.45. The minimum Gasteiger partial charge on any atom is -0.469 e. The van der Waals surface area contributed by atoms with E-state index in [0.717, 1.165) is 0 Å². The summed E-state index contributed by atoms with van der Waals surface area (Å²) >= 11 is 6.43. The lowest BCUT2D eigenvalue weighted by atomic mass is 9.71. The van der Waals surface area contributed by atoms with Gasteiger partial charge in [-0.2, -0.15) is 5.10 Å². The molecule has 7 heteroatoms. The van der Waals surface area contributed by atoms with Crippen LogP contribution >= 0.6 is 11.6 Å². The van der Waals surface area contributed by atoms with Crippen LogP contribution in [0.15, 0.2) is 12.7 Å². The summed E-state index contributed by atoms with van der Waals surface area (Å²) in [5.41, 5.74) is -2.60. The van der Waals surface area contributed by atoms with Crippen LogP contribution in [-0.2, 0) is 16.1 Å². The fourth-order valence-corrected chi connectivity index (χ4v) is 2.79. The molecule has 1 atom stereocenters. The van der Waals surface area contributed by atoms with E-state index in [1.165, 1.54) is 24.4 Å². The molecule has 1 unspecified atom stereocenters. The van der Waals surface area contributed by atoms with E-state index < -0.39 is 21.9 Å². The summed E-state index contributed by atoms with van der Waals surface area (Å²) in [7, 11) is 1.30. The third kappa shape index (κ3) is 2.12. The number of alkyl halides is 1. The first-order chi connectivity index (χ1) is 8.77. The molecule has 1 saturated carbocycles. The van der Waals surface area contributed by atoms with Gasteiger partial charge in [0.25, 0.3) is 0 Å². The fourth-order valence-electron chi connectivity index (χ4n) is 2.40. The molecule has 0 spiro atoms. The van der Waals surface area contributed by atoms with Crippen LogP contribution in [-0.4, -0.2) is 43.4 Å². The Balaban J connectivity index is 2.38. The number of nitrogens with zero attached hydrogens (tertiary/aromatic N) is 3. The number of aromatic nitrogens is 3. The summed E-state index contributed by atoms with van der Waals surface area (Å²) in [5.74, 6) is -0.498. The molecule has 2 rings (SSSR count). The molecule has 19 heavy (non-hydrogen) atoms. The summed E-state index contributed by atoms with van der Waals surface area (Å²) in [5, 5.41) is 15.1. The van der Waals surface area contributed by atoms with Crippen molar-refractivity contribution in [2.45, 2.75) is 43.7 Å². The van der Waals surface area contributed by atoms with Gasteiger partial charge in [-0.25, -0.2) is 9.67 Å². The molecular weight excluding hydrogens is 270 g/mol. The molecule has 1 fully saturated rings. The van der Waals surface area contributed by atoms with Crippen molar-refractivity contribution in [1.82, 2.24) is 14.8 Å². The molecule has 0 amide bonds. The monoisotopic (exact) mass is 287 g/mol. The number of esters is 1.